The Bertz CT molecular complexity index is 1180. The van der Waals surface area contributed by atoms with E-state index in [9.17, 15) is 18.0 Å². The van der Waals surface area contributed by atoms with Crippen molar-refractivity contribution in [3.8, 4) is 0 Å². The van der Waals surface area contributed by atoms with Gasteiger partial charge >= 0.3 is 6.09 Å². The fourth-order valence-corrected chi connectivity index (χ4v) is 4.29. The van der Waals surface area contributed by atoms with Gasteiger partial charge in [-0.2, -0.15) is 4.98 Å². The first kappa shape index (κ1) is 25.2. The first-order valence-corrected chi connectivity index (χ1v) is 12.7. The first-order chi connectivity index (χ1) is 15.8. The number of primary amides is 1. The summed E-state index contributed by atoms with van der Waals surface area (Å²) in [6, 6.07) is 6.32. The van der Waals surface area contributed by atoms with Crippen molar-refractivity contribution < 1.29 is 22.7 Å². The molecule has 0 spiro atoms. The molecule has 1 fully saturated rings. The minimum absolute atomic E-state index is 0.0252. The zero-order valence-electron chi connectivity index (χ0n) is 19.7. The molecule has 2 heterocycles. The van der Waals surface area contributed by atoms with E-state index in [1.54, 1.807) is 23.1 Å². The van der Waals surface area contributed by atoms with Gasteiger partial charge in [-0.05, 0) is 39.3 Å². The van der Waals surface area contributed by atoms with Crippen molar-refractivity contribution >= 4 is 39.3 Å². The van der Waals surface area contributed by atoms with E-state index in [1.165, 1.54) is 12.3 Å². The number of nitrogens with zero attached hydrogens (tertiary/aromatic N) is 4. The van der Waals surface area contributed by atoms with Gasteiger partial charge in [0.15, 0.2) is 9.84 Å². The summed E-state index contributed by atoms with van der Waals surface area (Å²) in [6.07, 6.45) is 2.70. The Morgan fingerprint density at radius 2 is 1.82 bits per heavy atom. The van der Waals surface area contributed by atoms with Crippen molar-refractivity contribution in [2.45, 2.75) is 37.7 Å². The van der Waals surface area contributed by atoms with Crippen molar-refractivity contribution in [3.63, 3.8) is 0 Å². The summed E-state index contributed by atoms with van der Waals surface area (Å²) in [5.74, 6) is -0.324. The molecule has 1 aliphatic rings. The lowest BCUT2D eigenvalue weighted by molar-refractivity contribution is 0.0263. The molecule has 0 atom stereocenters. The Balaban J connectivity index is 1.86. The molecular weight excluding hydrogens is 460 g/mol. The van der Waals surface area contributed by atoms with Crippen molar-refractivity contribution in [2.24, 2.45) is 5.73 Å². The maximum absolute atomic E-state index is 12.4. The Morgan fingerprint density at radius 1 is 1.12 bits per heavy atom. The molecule has 184 valence electrons. The van der Waals surface area contributed by atoms with Crippen LogP contribution < -0.4 is 16.0 Å². The number of para-hydroxylation sites is 1. The molecule has 0 saturated carbocycles. The molecular formula is C22H30N6O5S. The molecule has 1 aromatic carbocycles. The van der Waals surface area contributed by atoms with Gasteiger partial charge in [0.25, 0.3) is 5.91 Å². The van der Waals surface area contributed by atoms with E-state index in [4.69, 9.17) is 10.5 Å². The number of sulfone groups is 1. The molecule has 0 bridgehead atoms. The molecule has 34 heavy (non-hydrogen) atoms. The number of anilines is 3. The van der Waals surface area contributed by atoms with Crippen LogP contribution in [0.5, 0.6) is 0 Å². The Hall–Kier alpha value is -3.41. The summed E-state index contributed by atoms with van der Waals surface area (Å²) in [5.41, 5.74) is 5.21. The predicted molar refractivity (Wildman–Crippen MR) is 128 cm³/mol. The number of carbonyl (C=O) groups excluding carboxylic acids is 2. The highest BCUT2D eigenvalue weighted by Crippen LogP contribution is 2.27. The molecule has 1 aliphatic heterocycles. The zero-order valence-corrected chi connectivity index (χ0v) is 20.6. The van der Waals surface area contributed by atoms with Crippen LogP contribution >= 0.6 is 0 Å². The zero-order chi connectivity index (χ0) is 25.1. The maximum Gasteiger partial charge on any atom is 0.410 e. The second kappa shape index (κ2) is 9.84. The molecule has 0 unspecified atom stereocenters. The second-order valence-corrected chi connectivity index (χ2v) is 11.0. The van der Waals surface area contributed by atoms with Gasteiger partial charge in [-0.15, -0.1) is 0 Å². The fourth-order valence-electron chi connectivity index (χ4n) is 3.45. The van der Waals surface area contributed by atoms with Gasteiger partial charge in [-0.3, -0.25) is 4.79 Å². The van der Waals surface area contributed by atoms with Gasteiger partial charge in [0.05, 0.1) is 10.6 Å². The molecule has 0 radical (unpaired) electrons. The summed E-state index contributed by atoms with van der Waals surface area (Å²) < 4.78 is 29.8. The van der Waals surface area contributed by atoms with Gasteiger partial charge in [-0.1, -0.05) is 12.1 Å². The number of hydrogen-bond acceptors (Lipinski definition) is 9. The minimum Gasteiger partial charge on any atom is -0.444 e. The Kier molecular flexibility index (Phi) is 7.29. The van der Waals surface area contributed by atoms with Crippen LogP contribution in [0.4, 0.5) is 22.2 Å². The van der Waals surface area contributed by atoms with Crippen molar-refractivity contribution in [3.05, 3.63) is 36.0 Å². The highest BCUT2D eigenvalue weighted by molar-refractivity contribution is 7.90. The lowest BCUT2D eigenvalue weighted by Crippen LogP contribution is -2.39. The number of aromatic nitrogens is 2. The molecule has 2 amide bonds. The highest BCUT2D eigenvalue weighted by Gasteiger charge is 2.26. The molecule has 1 aromatic heterocycles. The van der Waals surface area contributed by atoms with Gasteiger partial charge in [0.1, 0.15) is 17.0 Å². The lowest BCUT2D eigenvalue weighted by Gasteiger charge is -2.26. The lowest BCUT2D eigenvalue weighted by atomic mass is 10.2. The van der Waals surface area contributed by atoms with E-state index in [2.05, 4.69) is 15.3 Å². The van der Waals surface area contributed by atoms with Crippen LogP contribution in [0, 0.1) is 0 Å². The van der Waals surface area contributed by atoms with E-state index in [0.717, 1.165) is 6.26 Å². The van der Waals surface area contributed by atoms with Crippen molar-refractivity contribution in [2.75, 3.05) is 42.7 Å². The summed E-state index contributed by atoms with van der Waals surface area (Å²) in [4.78, 5) is 36.8. The monoisotopic (exact) mass is 490 g/mol. The van der Waals surface area contributed by atoms with E-state index in [0.29, 0.717) is 38.5 Å². The number of amides is 2. The van der Waals surface area contributed by atoms with E-state index in [1.807, 2.05) is 25.7 Å². The average molecular weight is 491 g/mol. The number of ether oxygens (including phenoxy) is 1. The van der Waals surface area contributed by atoms with Crippen LogP contribution in [0.1, 0.15) is 37.6 Å². The van der Waals surface area contributed by atoms with E-state index in [-0.39, 0.29) is 28.1 Å². The van der Waals surface area contributed by atoms with Crippen molar-refractivity contribution in [1.82, 2.24) is 14.9 Å². The molecule has 12 heteroatoms. The summed E-state index contributed by atoms with van der Waals surface area (Å²) in [5, 5.41) is 2.93. The van der Waals surface area contributed by atoms with Crippen LogP contribution in [-0.4, -0.2) is 73.3 Å². The van der Waals surface area contributed by atoms with E-state index < -0.39 is 21.3 Å². The molecule has 1 saturated heterocycles. The second-order valence-electron chi connectivity index (χ2n) is 9.00. The Morgan fingerprint density at radius 3 is 2.47 bits per heavy atom. The summed E-state index contributed by atoms with van der Waals surface area (Å²) in [6.45, 7) is 7.43. The molecule has 11 nitrogen and oxygen atoms in total. The molecule has 2 aromatic rings. The number of benzene rings is 1. The summed E-state index contributed by atoms with van der Waals surface area (Å²) >= 11 is 0. The van der Waals surface area contributed by atoms with Crippen LogP contribution in [-0.2, 0) is 14.6 Å². The molecule has 3 N–H and O–H groups in total. The van der Waals surface area contributed by atoms with Crippen LogP contribution in [0.25, 0.3) is 0 Å². The highest BCUT2D eigenvalue weighted by atomic mass is 32.2. The number of carbonyl (C=O) groups is 2. The number of nitrogens with two attached hydrogens (primary N) is 1. The number of rotatable bonds is 5. The third-order valence-electron chi connectivity index (χ3n) is 5.01. The van der Waals surface area contributed by atoms with Gasteiger partial charge < -0.3 is 25.6 Å². The Labute approximate surface area is 199 Å². The van der Waals surface area contributed by atoms with E-state index >= 15 is 0 Å². The van der Waals surface area contributed by atoms with Crippen LogP contribution in [0.2, 0.25) is 0 Å². The SMILES string of the molecule is CC(C)(C)OC(=O)N1CCCN(c2ncc(C(N)=O)c(Nc3ccccc3S(C)(=O)=O)n2)CC1. The van der Waals surface area contributed by atoms with Crippen LogP contribution in [0.15, 0.2) is 35.4 Å². The molecule has 3 rings (SSSR count). The standard InChI is InChI=1S/C22H30N6O5S/c1-22(2,3)33-21(30)28-11-7-10-27(12-13-28)20-24-14-15(18(23)29)19(26-20)25-16-8-5-6-9-17(16)34(4,31)32/h5-6,8-9,14H,7,10-13H2,1-4H3,(H2,23,29)(H,24,25,26). The largest absolute Gasteiger partial charge is 0.444 e. The number of nitrogens with one attached hydrogen (secondary N) is 1. The molecule has 0 aliphatic carbocycles. The summed E-state index contributed by atoms with van der Waals surface area (Å²) in [7, 11) is -3.53. The van der Waals surface area contributed by atoms with Gasteiger partial charge in [0.2, 0.25) is 5.95 Å². The van der Waals surface area contributed by atoms with Gasteiger partial charge in [0, 0.05) is 38.6 Å². The van der Waals surface area contributed by atoms with Crippen LogP contribution in [0.3, 0.4) is 0 Å². The smallest absolute Gasteiger partial charge is 0.410 e. The number of hydrogen-bond donors (Lipinski definition) is 2. The third-order valence-corrected chi connectivity index (χ3v) is 6.17. The first-order valence-electron chi connectivity index (χ1n) is 10.8. The quantitative estimate of drug-likeness (QED) is 0.643. The van der Waals surface area contributed by atoms with Crippen molar-refractivity contribution in [1.29, 1.82) is 0 Å². The average Bonchev–Trinajstić information content (AvgIpc) is 2.98. The maximum atomic E-state index is 12.4. The predicted octanol–water partition coefficient (Wildman–Crippen LogP) is 2.17. The third kappa shape index (κ3) is 6.34. The fraction of sp³-hybridized carbons (Fsp3) is 0.455. The topological polar surface area (TPSA) is 148 Å². The van der Waals surface area contributed by atoms with Gasteiger partial charge in [-0.25, -0.2) is 18.2 Å². The normalized spacial score (nSPS) is 14.9. The minimum atomic E-state index is -3.53.